The van der Waals surface area contributed by atoms with Gasteiger partial charge in [0.25, 0.3) is 0 Å². The lowest BCUT2D eigenvalue weighted by Gasteiger charge is -1.97. The van der Waals surface area contributed by atoms with E-state index >= 15 is 0 Å². The van der Waals surface area contributed by atoms with Crippen LogP contribution in [-0.4, -0.2) is 6.17 Å². The third-order valence-electron chi connectivity index (χ3n) is 1.82. The average molecular weight is 127 g/mol. The maximum Gasteiger partial charge on any atom is 0.101 e. The van der Waals surface area contributed by atoms with Crippen LogP contribution in [0, 0.1) is 12.8 Å². The zero-order valence-corrected chi connectivity index (χ0v) is 5.52. The largest absolute Gasteiger partial charge is 0.247 e. The van der Waals surface area contributed by atoms with E-state index in [4.69, 9.17) is 0 Å². The third-order valence-corrected chi connectivity index (χ3v) is 1.82. The molecule has 0 heterocycles. The van der Waals surface area contributed by atoms with E-state index in [1.165, 1.54) is 0 Å². The molecule has 0 aromatic heterocycles. The van der Waals surface area contributed by atoms with Gasteiger partial charge in [0.1, 0.15) is 6.17 Å². The normalized spacial score (nSPS) is 36.2. The Labute approximate surface area is 55.8 Å². The van der Waals surface area contributed by atoms with E-state index in [-0.39, 0.29) is 0 Å². The smallest absolute Gasteiger partial charge is 0.101 e. The molecule has 51 valence electrons. The predicted molar refractivity (Wildman–Crippen MR) is 36.7 cm³/mol. The summed E-state index contributed by atoms with van der Waals surface area (Å²) in [4.78, 5) is 0. The minimum atomic E-state index is -0.550. The molecule has 0 bridgehead atoms. The summed E-state index contributed by atoms with van der Waals surface area (Å²) < 4.78 is 12.4. The minimum Gasteiger partial charge on any atom is -0.247 e. The Balaban J connectivity index is 2.30. The fourth-order valence-electron chi connectivity index (χ4n) is 1.33. The van der Waals surface area contributed by atoms with E-state index in [0.717, 1.165) is 12.8 Å². The van der Waals surface area contributed by atoms with E-state index < -0.39 is 6.17 Å². The van der Waals surface area contributed by atoms with Crippen molar-refractivity contribution in [2.24, 2.45) is 5.92 Å². The van der Waals surface area contributed by atoms with Crippen LogP contribution in [0.4, 0.5) is 4.39 Å². The molecule has 0 aliphatic heterocycles. The molecule has 2 atom stereocenters. The van der Waals surface area contributed by atoms with Gasteiger partial charge in [0, 0.05) is 0 Å². The van der Waals surface area contributed by atoms with E-state index in [1.54, 1.807) is 6.08 Å². The summed E-state index contributed by atoms with van der Waals surface area (Å²) in [6.07, 6.45) is 5.68. The molecule has 1 radical (unpaired) electrons. The molecule has 0 nitrogen and oxygen atoms in total. The van der Waals surface area contributed by atoms with Crippen molar-refractivity contribution < 1.29 is 4.39 Å². The highest BCUT2D eigenvalue weighted by atomic mass is 19.1. The lowest BCUT2D eigenvalue weighted by Crippen LogP contribution is -1.91. The number of hydrogen-bond acceptors (Lipinski definition) is 0. The van der Waals surface area contributed by atoms with Crippen LogP contribution in [0.5, 0.6) is 0 Å². The second-order valence-corrected chi connectivity index (χ2v) is 2.60. The summed E-state index contributed by atoms with van der Waals surface area (Å²) in [7, 11) is 0. The van der Waals surface area contributed by atoms with Crippen molar-refractivity contribution in [2.75, 3.05) is 0 Å². The first-order chi connectivity index (χ1) is 4.33. The minimum absolute atomic E-state index is 0.470. The molecule has 0 amide bonds. The average Bonchev–Trinajstić information content (AvgIpc) is 2.17. The van der Waals surface area contributed by atoms with E-state index in [2.05, 4.69) is 6.92 Å². The molecule has 1 saturated carbocycles. The van der Waals surface area contributed by atoms with Gasteiger partial charge in [0.2, 0.25) is 0 Å². The summed E-state index contributed by atoms with van der Waals surface area (Å²) >= 11 is 0. The molecule has 2 unspecified atom stereocenters. The van der Waals surface area contributed by atoms with Gasteiger partial charge in [-0.05, 0) is 32.1 Å². The number of alkyl halides is 1. The first-order valence-electron chi connectivity index (χ1n) is 3.43. The lowest BCUT2D eigenvalue weighted by atomic mass is 10.1. The van der Waals surface area contributed by atoms with Crippen molar-refractivity contribution in [3.05, 3.63) is 19.1 Å². The van der Waals surface area contributed by atoms with Crippen LogP contribution < -0.4 is 0 Å². The standard InChI is InChI=1S/C8H12F/c1-2-3-7-4-5-8(9)6-7/h2-3,7-8H,1,4-6H2. The summed E-state index contributed by atoms with van der Waals surface area (Å²) in [5, 5.41) is 0. The molecular formula is C8H12F. The van der Waals surface area contributed by atoms with Crippen LogP contribution >= 0.6 is 0 Å². The Morgan fingerprint density at radius 1 is 1.44 bits per heavy atom. The maximum atomic E-state index is 12.4. The van der Waals surface area contributed by atoms with Gasteiger partial charge >= 0.3 is 0 Å². The first-order valence-corrected chi connectivity index (χ1v) is 3.43. The number of allylic oxidation sites excluding steroid dienone is 2. The zero-order chi connectivity index (χ0) is 6.69. The zero-order valence-electron chi connectivity index (χ0n) is 5.52. The molecule has 9 heavy (non-hydrogen) atoms. The Morgan fingerprint density at radius 2 is 2.22 bits per heavy atom. The molecule has 1 rings (SSSR count). The van der Waals surface area contributed by atoms with E-state index in [0.29, 0.717) is 12.3 Å². The van der Waals surface area contributed by atoms with Gasteiger partial charge in [0.05, 0.1) is 0 Å². The second kappa shape index (κ2) is 3.00. The Morgan fingerprint density at radius 3 is 2.67 bits per heavy atom. The van der Waals surface area contributed by atoms with Crippen molar-refractivity contribution in [3.63, 3.8) is 0 Å². The highest BCUT2D eigenvalue weighted by Gasteiger charge is 2.21. The van der Waals surface area contributed by atoms with Crippen molar-refractivity contribution in [1.29, 1.82) is 0 Å². The molecule has 1 aliphatic rings. The second-order valence-electron chi connectivity index (χ2n) is 2.60. The molecule has 0 saturated heterocycles. The van der Waals surface area contributed by atoms with Crippen LogP contribution in [0.15, 0.2) is 12.2 Å². The van der Waals surface area contributed by atoms with Crippen LogP contribution in [0.1, 0.15) is 19.3 Å². The Bertz CT molecular complexity index is 107. The van der Waals surface area contributed by atoms with Gasteiger partial charge < -0.3 is 0 Å². The molecule has 0 N–H and O–H groups in total. The fourth-order valence-corrected chi connectivity index (χ4v) is 1.33. The Hall–Kier alpha value is -0.330. The topological polar surface area (TPSA) is 0 Å². The van der Waals surface area contributed by atoms with Gasteiger partial charge in [-0.3, -0.25) is 0 Å². The van der Waals surface area contributed by atoms with Crippen LogP contribution in [-0.2, 0) is 0 Å². The van der Waals surface area contributed by atoms with Gasteiger partial charge in [-0.15, -0.1) is 0 Å². The van der Waals surface area contributed by atoms with Crippen LogP contribution in [0.2, 0.25) is 0 Å². The Kier molecular flexibility index (Phi) is 2.26. The molecule has 0 aromatic rings. The number of halogens is 1. The van der Waals surface area contributed by atoms with Crippen molar-refractivity contribution in [2.45, 2.75) is 25.4 Å². The molecule has 1 heteroatoms. The van der Waals surface area contributed by atoms with Crippen LogP contribution in [0.3, 0.4) is 0 Å². The molecule has 1 aliphatic carbocycles. The number of rotatable bonds is 1. The fraction of sp³-hybridized carbons (Fsp3) is 0.625. The summed E-state index contributed by atoms with van der Waals surface area (Å²) in [6.45, 7) is 3.57. The van der Waals surface area contributed by atoms with E-state index in [1.807, 2.05) is 6.08 Å². The number of hydrogen-bond donors (Lipinski definition) is 0. The molecular weight excluding hydrogens is 115 g/mol. The van der Waals surface area contributed by atoms with Crippen molar-refractivity contribution >= 4 is 0 Å². The molecule has 0 aromatic carbocycles. The lowest BCUT2D eigenvalue weighted by molar-refractivity contribution is 0.337. The summed E-state index contributed by atoms with van der Waals surface area (Å²) in [6, 6.07) is 0. The summed E-state index contributed by atoms with van der Waals surface area (Å²) in [5.74, 6) is 0.470. The highest BCUT2D eigenvalue weighted by molar-refractivity contribution is 4.94. The third kappa shape index (κ3) is 1.81. The first kappa shape index (κ1) is 6.79. The SMILES string of the molecule is [CH2]C=CC1CCC(F)C1. The predicted octanol–water partition coefficient (Wildman–Crippen LogP) is 2.51. The molecule has 0 spiro atoms. The van der Waals surface area contributed by atoms with Gasteiger partial charge in [0.15, 0.2) is 0 Å². The quantitative estimate of drug-likeness (QED) is 0.507. The monoisotopic (exact) mass is 127 g/mol. The van der Waals surface area contributed by atoms with E-state index in [9.17, 15) is 4.39 Å². The van der Waals surface area contributed by atoms with Crippen molar-refractivity contribution in [3.8, 4) is 0 Å². The van der Waals surface area contributed by atoms with Gasteiger partial charge in [-0.25, -0.2) is 4.39 Å². The molecule has 1 fully saturated rings. The van der Waals surface area contributed by atoms with Gasteiger partial charge in [-0.2, -0.15) is 0 Å². The summed E-state index contributed by atoms with van der Waals surface area (Å²) in [5.41, 5.74) is 0. The van der Waals surface area contributed by atoms with Gasteiger partial charge in [-0.1, -0.05) is 12.2 Å². The van der Waals surface area contributed by atoms with Crippen LogP contribution in [0.25, 0.3) is 0 Å². The highest BCUT2D eigenvalue weighted by Crippen LogP contribution is 2.28. The maximum absolute atomic E-state index is 12.4. The van der Waals surface area contributed by atoms with Crippen molar-refractivity contribution in [1.82, 2.24) is 0 Å².